The van der Waals surface area contributed by atoms with Gasteiger partial charge in [0, 0.05) is 39.6 Å². The number of carbonyl (C=O) groups is 1. The lowest BCUT2D eigenvalue weighted by molar-refractivity contribution is -0.137. The number of rotatable bonds is 5. The molecule has 28 heavy (non-hydrogen) atoms. The van der Waals surface area contributed by atoms with Crippen LogP contribution in [0.2, 0.25) is 0 Å². The highest BCUT2D eigenvalue weighted by Crippen LogP contribution is 2.30. The lowest BCUT2D eigenvalue weighted by atomic mass is 10.2. The maximum absolute atomic E-state index is 12.5. The van der Waals surface area contributed by atoms with E-state index in [1.54, 1.807) is 11.8 Å². The Morgan fingerprint density at radius 3 is 2.21 bits per heavy atom. The van der Waals surface area contributed by atoms with E-state index in [0.29, 0.717) is 45.0 Å². The maximum atomic E-state index is 12.5. The topological polar surface area (TPSA) is 57.2 Å². The predicted molar refractivity (Wildman–Crippen MR) is 112 cm³/mol. The second-order valence-electron chi connectivity index (χ2n) is 6.10. The second-order valence-corrected chi connectivity index (χ2v) is 6.10. The summed E-state index contributed by atoms with van der Waals surface area (Å²) < 4.78 is 43.1. The number of guanidine groups is 1. The van der Waals surface area contributed by atoms with E-state index in [2.05, 4.69) is 15.2 Å². The number of carbonyl (C=O) groups excluding carboxylic acids is 1. The van der Waals surface area contributed by atoms with E-state index >= 15 is 0 Å². The number of ether oxygens (including phenoxy) is 1. The summed E-state index contributed by atoms with van der Waals surface area (Å²) >= 11 is 0. The van der Waals surface area contributed by atoms with Crippen LogP contribution in [0.5, 0.6) is 5.75 Å². The van der Waals surface area contributed by atoms with Gasteiger partial charge in [-0.25, -0.2) is 4.99 Å². The molecule has 0 spiro atoms. The first-order valence-corrected chi connectivity index (χ1v) is 8.90. The van der Waals surface area contributed by atoms with Crippen LogP contribution < -0.4 is 10.1 Å². The molecule has 1 aromatic carbocycles. The van der Waals surface area contributed by atoms with E-state index < -0.39 is 11.7 Å². The molecule has 1 amide bonds. The third kappa shape index (κ3) is 7.36. The van der Waals surface area contributed by atoms with Crippen LogP contribution in [-0.4, -0.2) is 67.5 Å². The van der Waals surface area contributed by atoms with E-state index in [0.717, 1.165) is 18.1 Å². The standard InChI is InChI=1S/C18H25F3N4O2.HI/c1-3-22-17(25-11-9-24(10-12-25)14(2)26)23-8-13-27-16-6-4-15(5-7-16)18(19,20)21;/h4-7H,3,8-13H2,1-2H3,(H,22,23);1H. The molecule has 0 aromatic heterocycles. The highest BCUT2D eigenvalue weighted by atomic mass is 127. The first kappa shape index (κ1) is 24.3. The molecule has 0 aliphatic carbocycles. The Bertz CT molecular complexity index is 645. The van der Waals surface area contributed by atoms with Crippen LogP contribution >= 0.6 is 24.0 Å². The van der Waals surface area contributed by atoms with Crippen molar-refractivity contribution < 1.29 is 22.7 Å². The molecule has 0 atom stereocenters. The van der Waals surface area contributed by atoms with Gasteiger partial charge in [0.25, 0.3) is 0 Å². The normalized spacial score (nSPS) is 15.1. The summed E-state index contributed by atoms with van der Waals surface area (Å²) in [5, 5.41) is 3.21. The van der Waals surface area contributed by atoms with E-state index in [4.69, 9.17) is 4.74 Å². The minimum Gasteiger partial charge on any atom is -0.492 e. The molecule has 2 rings (SSSR count). The number of nitrogens with one attached hydrogen (secondary N) is 1. The molecule has 1 saturated heterocycles. The highest BCUT2D eigenvalue weighted by Gasteiger charge is 2.30. The molecule has 1 N–H and O–H groups in total. The van der Waals surface area contributed by atoms with Crippen molar-refractivity contribution in [2.24, 2.45) is 4.99 Å². The molecular formula is C18H26F3IN4O2. The van der Waals surface area contributed by atoms with Crippen LogP contribution in [0.25, 0.3) is 0 Å². The fourth-order valence-corrected chi connectivity index (χ4v) is 2.71. The number of hydrogen-bond acceptors (Lipinski definition) is 3. The van der Waals surface area contributed by atoms with Gasteiger partial charge in [-0.05, 0) is 31.2 Å². The summed E-state index contributed by atoms with van der Waals surface area (Å²) in [6.45, 7) is 7.59. The van der Waals surface area contributed by atoms with Crippen molar-refractivity contribution in [3.63, 3.8) is 0 Å². The van der Waals surface area contributed by atoms with Crippen molar-refractivity contribution in [2.45, 2.75) is 20.0 Å². The molecule has 1 heterocycles. The number of hydrogen-bond donors (Lipinski definition) is 1. The van der Waals surface area contributed by atoms with Gasteiger partial charge in [0.05, 0.1) is 12.1 Å². The van der Waals surface area contributed by atoms with Crippen molar-refractivity contribution in [2.75, 3.05) is 45.9 Å². The number of aliphatic imine (C=N–C) groups is 1. The molecular weight excluding hydrogens is 488 g/mol. The number of benzene rings is 1. The largest absolute Gasteiger partial charge is 0.492 e. The van der Waals surface area contributed by atoms with Crippen molar-refractivity contribution in [3.8, 4) is 5.75 Å². The number of piperazine rings is 1. The lowest BCUT2D eigenvalue weighted by Crippen LogP contribution is -2.53. The van der Waals surface area contributed by atoms with E-state index in [1.165, 1.54) is 12.1 Å². The van der Waals surface area contributed by atoms with Crippen LogP contribution in [0.15, 0.2) is 29.3 Å². The first-order valence-electron chi connectivity index (χ1n) is 8.90. The summed E-state index contributed by atoms with van der Waals surface area (Å²) in [5.41, 5.74) is -0.702. The Morgan fingerprint density at radius 2 is 1.71 bits per heavy atom. The molecule has 1 aliphatic rings. The van der Waals surface area contributed by atoms with Crippen molar-refractivity contribution in [1.82, 2.24) is 15.1 Å². The van der Waals surface area contributed by atoms with Gasteiger partial charge in [0.2, 0.25) is 5.91 Å². The highest BCUT2D eigenvalue weighted by molar-refractivity contribution is 14.0. The summed E-state index contributed by atoms with van der Waals surface area (Å²) in [6, 6.07) is 4.60. The summed E-state index contributed by atoms with van der Waals surface area (Å²) in [5.74, 6) is 1.19. The van der Waals surface area contributed by atoms with Gasteiger partial charge in [0.15, 0.2) is 5.96 Å². The molecule has 0 saturated carbocycles. The van der Waals surface area contributed by atoms with E-state index in [1.807, 2.05) is 6.92 Å². The molecule has 1 fully saturated rings. The van der Waals surface area contributed by atoms with Crippen LogP contribution in [0, 0.1) is 0 Å². The molecule has 6 nitrogen and oxygen atoms in total. The fraction of sp³-hybridized carbons (Fsp3) is 0.556. The third-order valence-corrected chi connectivity index (χ3v) is 4.16. The molecule has 0 unspecified atom stereocenters. The lowest BCUT2D eigenvalue weighted by Gasteiger charge is -2.36. The SMILES string of the molecule is CCNC(=NCCOc1ccc(C(F)(F)F)cc1)N1CCN(C(C)=O)CC1.I. The zero-order valence-corrected chi connectivity index (χ0v) is 18.3. The van der Waals surface area contributed by atoms with E-state index in [9.17, 15) is 18.0 Å². The Hall–Kier alpha value is -1.72. The quantitative estimate of drug-likeness (QED) is 0.284. The van der Waals surface area contributed by atoms with Gasteiger partial charge in [-0.1, -0.05) is 0 Å². The van der Waals surface area contributed by atoms with Crippen molar-refractivity contribution >= 4 is 35.8 Å². The van der Waals surface area contributed by atoms with Crippen LogP contribution in [-0.2, 0) is 11.0 Å². The Kier molecular flexibility index (Phi) is 9.83. The average Bonchev–Trinajstić information content (AvgIpc) is 2.64. The minimum atomic E-state index is -4.35. The van der Waals surface area contributed by atoms with Crippen LogP contribution in [0.3, 0.4) is 0 Å². The molecule has 0 radical (unpaired) electrons. The van der Waals surface area contributed by atoms with Gasteiger partial charge in [-0.2, -0.15) is 13.2 Å². The summed E-state index contributed by atoms with van der Waals surface area (Å²) in [7, 11) is 0. The fourth-order valence-electron chi connectivity index (χ4n) is 2.71. The summed E-state index contributed by atoms with van der Waals surface area (Å²) in [4.78, 5) is 19.8. The number of halogens is 4. The minimum absolute atomic E-state index is 0. The molecule has 10 heteroatoms. The first-order chi connectivity index (χ1) is 12.8. The zero-order valence-electron chi connectivity index (χ0n) is 16.0. The van der Waals surface area contributed by atoms with Gasteiger partial charge >= 0.3 is 6.18 Å². The monoisotopic (exact) mass is 514 g/mol. The van der Waals surface area contributed by atoms with Crippen LogP contribution in [0.1, 0.15) is 19.4 Å². The Morgan fingerprint density at radius 1 is 1.14 bits per heavy atom. The number of nitrogens with zero attached hydrogens (tertiary/aromatic N) is 3. The van der Waals surface area contributed by atoms with Crippen molar-refractivity contribution in [3.05, 3.63) is 29.8 Å². The summed E-state index contributed by atoms with van der Waals surface area (Å²) in [6.07, 6.45) is -4.35. The number of alkyl halides is 3. The van der Waals surface area contributed by atoms with Crippen LogP contribution in [0.4, 0.5) is 13.2 Å². The average molecular weight is 514 g/mol. The Labute approximate surface area is 180 Å². The zero-order chi connectivity index (χ0) is 19.9. The van der Waals surface area contributed by atoms with Gasteiger partial charge in [-0.15, -0.1) is 24.0 Å². The smallest absolute Gasteiger partial charge is 0.416 e. The predicted octanol–water partition coefficient (Wildman–Crippen LogP) is 2.83. The molecule has 1 aliphatic heterocycles. The number of amides is 1. The Balaban J connectivity index is 0.00000392. The van der Waals surface area contributed by atoms with E-state index in [-0.39, 0.29) is 36.5 Å². The molecule has 0 bridgehead atoms. The second kappa shape index (κ2) is 11.3. The van der Waals surface area contributed by atoms with Gasteiger partial charge in [-0.3, -0.25) is 4.79 Å². The third-order valence-electron chi connectivity index (χ3n) is 4.16. The molecule has 158 valence electrons. The maximum Gasteiger partial charge on any atom is 0.416 e. The van der Waals surface area contributed by atoms with Crippen molar-refractivity contribution in [1.29, 1.82) is 0 Å². The van der Waals surface area contributed by atoms with Gasteiger partial charge < -0.3 is 19.9 Å². The van der Waals surface area contributed by atoms with Gasteiger partial charge in [0.1, 0.15) is 12.4 Å². The molecule has 1 aromatic rings.